The molecule has 0 spiro atoms. The van der Waals surface area contributed by atoms with Crippen LogP contribution in [-0.4, -0.2) is 19.7 Å². The summed E-state index contributed by atoms with van der Waals surface area (Å²) in [7, 11) is 0. The summed E-state index contributed by atoms with van der Waals surface area (Å²) in [6.45, 7) is 0.421. The Bertz CT molecular complexity index is 888. The van der Waals surface area contributed by atoms with Gasteiger partial charge in [0.15, 0.2) is 11.6 Å². The van der Waals surface area contributed by atoms with E-state index >= 15 is 0 Å². The van der Waals surface area contributed by atoms with Gasteiger partial charge in [-0.2, -0.15) is 4.98 Å². The topological polar surface area (TPSA) is 56.7 Å². The molecule has 0 aliphatic heterocycles. The fourth-order valence-electron chi connectivity index (χ4n) is 2.54. The molecule has 124 valence electrons. The number of aryl methyl sites for hydroxylation is 2. The minimum absolute atomic E-state index is 0.145. The second-order valence-corrected chi connectivity index (χ2v) is 6.14. The molecule has 1 fully saturated rings. The first kappa shape index (κ1) is 15.3. The molecule has 5 nitrogen and oxygen atoms in total. The molecule has 0 amide bonds. The van der Waals surface area contributed by atoms with Crippen LogP contribution in [0.4, 0.5) is 8.78 Å². The van der Waals surface area contributed by atoms with Crippen LogP contribution in [0.3, 0.4) is 0 Å². The van der Waals surface area contributed by atoms with Gasteiger partial charge in [-0.05, 0) is 25.0 Å². The van der Waals surface area contributed by atoms with Gasteiger partial charge in [0.25, 0.3) is 0 Å². The van der Waals surface area contributed by atoms with E-state index in [4.69, 9.17) is 16.1 Å². The molecule has 0 N–H and O–H groups in total. The van der Waals surface area contributed by atoms with Gasteiger partial charge in [0, 0.05) is 31.3 Å². The first-order valence-electron chi connectivity index (χ1n) is 7.61. The standard InChI is InChI=1S/C16H13ClF2N4O/c17-10-3-4-11(18)13(14(10)19)15-20-6-8-23(15)7-5-12-21-16(24-22-12)9-1-2-9/h3-4,6,8-9H,1-2,5,7H2. The molecule has 1 aromatic carbocycles. The Morgan fingerprint density at radius 1 is 1.29 bits per heavy atom. The summed E-state index contributed by atoms with van der Waals surface area (Å²) in [6, 6.07) is 2.31. The maximum Gasteiger partial charge on any atom is 0.229 e. The maximum absolute atomic E-state index is 14.2. The lowest BCUT2D eigenvalue weighted by Crippen LogP contribution is -2.06. The number of halogens is 3. The molecule has 1 aliphatic rings. The first-order valence-corrected chi connectivity index (χ1v) is 7.99. The van der Waals surface area contributed by atoms with Gasteiger partial charge in [-0.15, -0.1) is 0 Å². The van der Waals surface area contributed by atoms with Crippen LogP contribution in [0.25, 0.3) is 11.4 Å². The molecule has 0 bridgehead atoms. The van der Waals surface area contributed by atoms with Crippen LogP contribution in [0.5, 0.6) is 0 Å². The van der Waals surface area contributed by atoms with E-state index in [1.807, 2.05) is 0 Å². The van der Waals surface area contributed by atoms with Gasteiger partial charge < -0.3 is 9.09 Å². The summed E-state index contributed by atoms with van der Waals surface area (Å²) in [5.74, 6) is 0.286. The van der Waals surface area contributed by atoms with Gasteiger partial charge >= 0.3 is 0 Å². The Hall–Kier alpha value is -2.28. The molecule has 4 rings (SSSR count). The van der Waals surface area contributed by atoms with Crippen LogP contribution in [0.2, 0.25) is 5.02 Å². The highest BCUT2D eigenvalue weighted by molar-refractivity contribution is 6.31. The molecule has 2 aromatic heterocycles. The van der Waals surface area contributed by atoms with Crippen LogP contribution in [0.1, 0.15) is 30.5 Å². The minimum atomic E-state index is -0.820. The molecule has 0 atom stereocenters. The molecule has 24 heavy (non-hydrogen) atoms. The van der Waals surface area contributed by atoms with Gasteiger partial charge in [-0.3, -0.25) is 0 Å². The Kier molecular flexibility index (Phi) is 3.80. The number of hydrogen-bond donors (Lipinski definition) is 0. The summed E-state index contributed by atoms with van der Waals surface area (Å²) in [6.07, 6.45) is 5.78. The number of aromatic nitrogens is 4. The summed E-state index contributed by atoms with van der Waals surface area (Å²) >= 11 is 5.76. The van der Waals surface area contributed by atoms with Gasteiger partial charge in [0.05, 0.1) is 10.6 Å². The zero-order valence-corrected chi connectivity index (χ0v) is 13.3. The molecule has 8 heteroatoms. The minimum Gasteiger partial charge on any atom is -0.339 e. The molecule has 1 saturated carbocycles. The highest BCUT2D eigenvalue weighted by Crippen LogP contribution is 2.38. The summed E-state index contributed by atoms with van der Waals surface area (Å²) in [4.78, 5) is 8.41. The third kappa shape index (κ3) is 2.80. The van der Waals surface area contributed by atoms with Crippen molar-refractivity contribution in [2.45, 2.75) is 31.7 Å². The van der Waals surface area contributed by atoms with E-state index in [0.29, 0.717) is 30.6 Å². The van der Waals surface area contributed by atoms with E-state index in [2.05, 4.69) is 15.1 Å². The predicted molar refractivity (Wildman–Crippen MR) is 82.6 cm³/mol. The monoisotopic (exact) mass is 350 g/mol. The normalized spacial score (nSPS) is 14.3. The van der Waals surface area contributed by atoms with Crippen LogP contribution in [-0.2, 0) is 13.0 Å². The number of benzene rings is 1. The third-order valence-corrected chi connectivity index (χ3v) is 4.26. The Morgan fingerprint density at radius 2 is 2.12 bits per heavy atom. The van der Waals surface area contributed by atoms with Gasteiger partial charge in [-0.1, -0.05) is 16.8 Å². The van der Waals surface area contributed by atoms with Crippen LogP contribution >= 0.6 is 11.6 Å². The molecular formula is C16H13ClF2N4O. The first-order chi connectivity index (χ1) is 11.6. The molecule has 3 aromatic rings. The summed E-state index contributed by atoms with van der Waals surface area (Å²) in [5, 5.41) is 3.79. The van der Waals surface area contributed by atoms with Gasteiger partial charge in [-0.25, -0.2) is 13.8 Å². The predicted octanol–water partition coefficient (Wildman–Crippen LogP) is 3.98. The fourth-order valence-corrected chi connectivity index (χ4v) is 2.69. The van der Waals surface area contributed by atoms with Gasteiger partial charge in [0.1, 0.15) is 11.6 Å². The van der Waals surface area contributed by atoms with Crippen molar-refractivity contribution in [1.82, 2.24) is 19.7 Å². The molecule has 0 saturated heterocycles. The Balaban J connectivity index is 1.57. The highest BCUT2D eigenvalue weighted by Gasteiger charge is 2.29. The number of imidazole rings is 1. The average Bonchev–Trinajstić information content (AvgIpc) is 3.14. The van der Waals surface area contributed by atoms with Crippen LogP contribution in [0.15, 0.2) is 29.0 Å². The van der Waals surface area contributed by atoms with Crippen molar-refractivity contribution in [3.8, 4) is 11.4 Å². The zero-order chi connectivity index (χ0) is 16.7. The van der Waals surface area contributed by atoms with Crippen molar-refractivity contribution in [2.75, 3.05) is 0 Å². The van der Waals surface area contributed by atoms with Crippen molar-refractivity contribution >= 4 is 11.6 Å². The van der Waals surface area contributed by atoms with Crippen LogP contribution < -0.4 is 0 Å². The van der Waals surface area contributed by atoms with Crippen molar-refractivity contribution in [3.63, 3.8) is 0 Å². The molecular weight excluding hydrogens is 338 g/mol. The second kappa shape index (κ2) is 5.98. The zero-order valence-electron chi connectivity index (χ0n) is 12.5. The summed E-state index contributed by atoms with van der Waals surface area (Å²) in [5.41, 5.74) is -0.237. The quantitative estimate of drug-likeness (QED) is 0.653. The van der Waals surface area contributed by atoms with E-state index in [1.165, 1.54) is 12.3 Å². The van der Waals surface area contributed by atoms with Crippen molar-refractivity contribution < 1.29 is 13.3 Å². The highest BCUT2D eigenvalue weighted by atomic mass is 35.5. The van der Waals surface area contributed by atoms with Crippen molar-refractivity contribution in [2.24, 2.45) is 0 Å². The lowest BCUT2D eigenvalue weighted by Gasteiger charge is -2.09. The lowest BCUT2D eigenvalue weighted by molar-refractivity contribution is 0.373. The van der Waals surface area contributed by atoms with Crippen LogP contribution in [0, 0.1) is 11.6 Å². The number of nitrogens with zero attached hydrogens (tertiary/aromatic N) is 4. The van der Waals surface area contributed by atoms with E-state index in [1.54, 1.807) is 10.8 Å². The Morgan fingerprint density at radius 3 is 2.92 bits per heavy atom. The van der Waals surface area contributed by atoms with E-state index in [9.17, 15) is 8.78 Å². The average molecular weight is 351 g/mol. The smallest absolute Gasteiger partial charge is 0.229 e. The van der Waals surface area contributed by atoms with Crippen molar-refractivity contribution in [1.29, 1.82) is 0 Å². The van der Waals surface area contributed by atoms with E-state index in [-0.39, 0.29) is 16.4 Å². The second-order valence-electron chi connectivity index (χ2n) is 5.74. The van der Waals surface area contributed by atoms with Gasteiger partial charge in [0.2, 0.25) is 5.89 Å². The molecule has 2 heterocycles. The number of rotatable bonds is 5. The Labute approximate surface area is 141 Å². The van der Waals surface area contributed by atoms with E-state index < -0.39 is 11.6 Å². The molecule has 0 unspecified atom stereocenters. The third-order valence-electron chi connectivity index (χ3n) is 3.97. The SMILES string of the molecule is Fc1ccc(Cl)c(F)c1-c1nccn1CCc1noc(C2CC2)n1. The van der Waals surface area contributed by atoms with E-state index in [0.717, 1.165) is 18.9 Å². The fraction of sp³-hybridized carbons (Fsp3) is 0.312. The largest absolute Gasteiger partial charge is 0.339 e. The molecule has 0 radical (unpaired) electrons. The van der Waals surface area contributed by atoms with Crippen molar-refractivity contribution in [3.05, 3.63) is 52.9 Å². The number of hydrogen-bond acceptors (Lipinski definition) is 4. The summed E-state index contributed by atoms with van der Waals surface area (Å²) < 4.78 is 35.1. The lowest BCUT2D eigenvalue weighted by atomic mass is 10.2. The molecule has 1 aliphatic carbocycles. The maximum atomic E-state index is 14.2.